The molecular weight excluding hydrogens is 863 g/mol. The molecule has 328 valence electrons. The van der Waals surface area contributed by atoms with Crippen LogP contribution in [0.2, 0.25) is 0 Å². The van der Waals surface area contributed by atoms with Gasteiger partial charge >= 0.3 is 0 Å². The minimum atomic E-state index is -4.21. The maximum Gasteiger partial charge on any atom is 0.180 e. The van der Waals surface area contributed by atoms with Gasteiger partial charge in [0.05, 0.1) is 52.3 Å². The predicted molar refractivity (Wildman–Crippen MR) is 299 cm³/mol. The van der Waals surface area contributed by atoms with Crippen molar-refractivity contribution >= 4 is 94.2 Å². The fraction of sp³-hybridized carbons (Fsp3) is 0. The lowest BCUT2D eigenvalue weighted by molar-refractivity contribution is 1.17. The minimum absolute atomic E-state index is 0.0251. The van der Waals surface area contributed by atoms with Crippen molar-refractivity contribution in [1.29, 1.82) is 0 Å². The maximum atomic E-state index is 10.5. The third-order valence-corrected chi connectivity index (χ3v) is 18.4. The molecule has 11 aromatic carbocycles. The number of para-hydroxylation sites is 4. The van der Waals surface area contributed by atoms with Gasteiger partial charge in [0.25, 0.3) is 0 Å². The highest BCUT2D eigenvalue weighted by Gasteiger charge is 2.43. The topological polar surface area (TPSA) is 14.8 Å². The lowest BCUT2D eigenvalue weighted by Gasteiger charge is -2.35. The maximum absolute atomic E-state index is 10.5. The Hall–Kier alpha value is -8.96. The summed E-state index contributed by atoms with van der Waals surface area (Å²) in [4.78, 5) is 0. The second kappa shape index (κ2) is 16.1. The van der Waals surface area contributed by atoms with E-state index in [1.165, 1.54) is 9.13 Å². The van der Waals surface area contributed by atoms with E-state index in [4.69, 9.17) is 2.74 Å². The van der Waals surface area contributed by atoms with Crippen molar-refractivity contribution in [3.05, 3.63) is 273 Å². The normalized spacial score (nSPS) is 14.8. The van der Waals surface area contributed by atoms with Crippen LogP contribution in [0.1, 0.15) is 19.2 Å². The summed E-state index contributed by atoms with van der Waals surface area (Å²) < 4.78 is 141. The van der Waals surface area contributed by atoms with Crippen LogP contribution in [0.3, 0.4) is 0 Å². The van der Waals surface area contributed by atoms with Gasteiger partial charge in [-0.3, -0.25) is 0 Å². The number of hydrogen-bond acceptors (Lipinski definition) is 0. The number of rotatable bonds is 8. The van der Waals surface area contributed by atoms with Gasteiger partial charge < -0.3 is 13.7 Å². The molecule has 0 unspecified atom stereocenters. The van der Waals surface area contributed by atoms with Crippen LogP contribution in [-0.2, 0) is 0 Å². The summed E-state index contributed by atoms with van der Waals surface area (Å²) in [5, 5.41) is 4.08. The van der Waals surface area contributed by atoms with E-state index >= 15 is 0 Å². The summed E-state index contributed by atoms with van der Waals surface area (Å²) in [6.07, 6.45) is 0. The Labute approximate surface area is 426 Å². The smallest absolute Gasteiger partial charge is 0.180 e. The second-order valence-corrected chi connectivity index (χ2v) is 21.1. The molecule has 3 heterocycles. The average molecular weight is 922 g/mol. The second-order valence-electron chi connectivity index (χ2n) is 17.4. The quantitative estimate of drug-likeness (QED) is 0.107. The zero-order valence-electron chi connectivity index (χ0n) is 51.2. The molecule has 4 heteroatoms. The summed E-state index contributed by atoms with van der Waals surface area (Å²) in [5.41, 5.74) is 3.55. The van der Waals surface area contributed by atoms with Crippen LogP contribution in [0.5, 0.6) is 0 Å². The highest BCUT2D eigenvalue weighted by atomic mass is 28.3. The standard InChI is InChI=1S/C66H45N3Si/c1-4-21-46(22-5-1)47-23-18-24-48(43-47)67-61-37-16-12-33-56(61)58-45-50(41-42-63(58)67)69-62-38-17-13-34-57(62)66-64(69)39-20-40-65(66)70(51-26-6-2-7-27-51,52-28-8-3-9-29-52)53-30-19-25-49(44-53)68-59-35-14-10-31-54(59)55-32-11-15-36-60(55)68/h1-45H/i12D,13D,16D,17D,20D,33D,34D,37D,38D,39D,40D,41D,42D,45D. The first-order valence-corrected chi connectivity index (χ1v) is 25.0. The van der Waals surface area contributed by atoms with Gasteiger partial charge in [0.2, 0.25) is 0 Å². The van der Waals surface area contributed by atoms with Crippen LogP contribution in [0.4, 0.5) is 0 Å². The minimum Gasteiger partial charge on any atom is -0.309 e. The fourth-order valence-electron chi connectivity index (χ4n) is 10.8. The third kappa shape index (κ3) is 6.00. The van der Waals surface area contributed by atoms with Crippen molar-refractivity contribution in [2.24, 2.45) is 0 Å². The first-order valence-electron chi connectivity index (χ1n) is 30.0. The molecule has 0 N–H and O–H groups in total. The van der Waals surface area contributed by atoms with Gasteiger partial charge in [0, 0.05) is 49.4 Å². The third-order valence-electron chi connectivity index (χ3n) is 13.7. The molecule has 0 saturated carbocycles. The van der Waals surface area contributed by atoms with Crippen LogP contribution >= 0.6 is 0 Å². The van der Waals surface area contributed by atoms with E-state index in [1.807, 2.05) is 140 Å². The molecule has 3 nitrogen and oxygen atoms in total. The van der Waals surface area contributed by atoms with Gasteiger partial charge in [0.15, 0.2) is 8.07 Å². The summed E-state index contributed by atoms with van der Waals surface area (Å²) in [7, 11) is -4.21. The molecule has 14 aromatic rings. The highest BCUT2D eigenvalue weighted by molar-refractivity contribution is 7.20. The molecule has 0 spiro atoms. The van der Waals surface area contributed by atoms with E-state index in [-0.39, 0.29) is 54.8 Å². The van der Waals surface area contributed by atoms with Crippen molar-refractivity contribution in [3.8, 4) is 28.2 Å². The van der Waals surface area contributed by atoms with E-state index in [9.17, 15) is 16.4 Å². The summed E-state index contributed by atoms with van der Waals surface area (Å²) >= 11 is 0. The number of nitrogens with zero attached hydrogens (tertiary/aromatic N) is 3. The van der Waals surface area contributed by atoms with Gasteiger partial charge in [-0.15, -0.1) is 0 Å². The van der Waals surface area contributed by atoms with Crippen molar-refractivity contribution < 1.29 is 19.2 Å². The lowest BCUT2D eigenvalue weighted by Crippen LogP contribution is -2.74. The number of fused-ring (bicyclic) bond motifs is 9. The lowest BCUT2D eigenvalue weighted by atomic mass is 10.1. The Kier molecular flexibility index (Phi) is 6.52. The van der Waals surface area contributed by atoms with Crippen LogP contribution in [0, 0.1) is 0 Å². The van der Waals surface area contributed by atoms with E-state index in [0.29, 0.717) is 5.69 Å². The first kappa shape index (κ1) is 28.4. The Balaban J connectivity index is 1.18. The number of benzene rings is 11. The molecule has 0 fully saturated rings. The Morgan fingerprint density at radius 3 is 1.50 bits per heavy atom. The zero-order valence-corrected chi connectivity index (χ0v) is 38.2. The highest BCUT2D eigenvalue weighted by Crippen LogP contribution is 2.38. The van der Waals surface area contributed by atoms with Gasteiger partial charge in [-0.1, -0.05) is 200 Å². The van der Waals surface area contributed by atoms with Crippen molar-refractivity contribution in [2.75, 3.05) is 0 Å². The Bertz CT molecular complexity index is 5040. The largest absolute Gasteiger partial charge is 0.309 e. The molecule has 14 rings (SSSR count). The van der Waals surface area contributed by atoms with Crippen LogP contribution < -0.4 is 20.7 Å². The Morgan fingerprint density at radius 2 is 0.800 bits per heavy atom. The van der Waals surface area contributed by atoms with E-state index in [0.717, 1.165) is 54.2 Å². The first-order chi connectivity index (χ1) is 40.6. The molecule has 0 aliphatic rings. The molecule has 0 saturated heterocycles. The average Bonchev–Trinajstić information content (AvgIpc) is 1.48. The van der Waals surface area contributed by atoms with Crippen LogP contribution in [0.25, 0.3) is 93.6 Å². The number of aromatic nitrogens is 3. The molecule has 0 bridgehead atoms. The predicted octanol–water partition coefficient (Wildman–Crippen LogP) is 14.0. The molecule has 3 aromatic heterocycles. The van der Waals surface area contributed by atoms with Crippen molar-refractivity contribution in [1.82, 2.24) is 13.7 Å². The van der Waals surface area contributed by atoms with Gasteiger partial charge in [0.1, 0.15) is 0 Å². The molecule has 0 amide bonds. The molecular formula is C66H45N3Si. The van der Waals surface area contributed by atoms with Crippen LogP contribution in [-0.4, -0.2) is 21.8 Å². The van der Waals surface area contributed by atoms with Gasteiger partial charge in [-0.2, -0.15) is 0 Å². The summed E-state index contributed by atoms with van der Waals surface area (Å²) in [5.74, 6) is 0. The fourth-order valence-corrected chi connectivity index (χ4v) is 15.6. The van der Waals surface area contributed by atoms with Crippen molar-refractivity contribution in [2.45, 2.75) is 0 Å². The molecule has 70 heavy (non-hydrogen) atoms. The molecule has 0 radical (unpaired) electrons. The molecule has 0 atom stereocenters. The SMILES string of the molecule is [2H]c1c([2H])c([2H])c2c(c1[2H])c1c([2H])c(-n3c4c([2H])c([2H])c([2H])c([2H])c4c4c([Si](c5ccccc5)(c5ccccc5)c5cccc(-n6c7ccccc7c7ccccc76)c5)c([2H])c([2H])c([2H])c43)c([2H])c([2H])c1n2-c1cccc(-c2ccccc2)c1. The van der Waals surface area contributed by atoms with Crippen LogP contribution in [0.15, 0.2) is 273 Å². The van der Waals surface area contributed by atoms with Gasteiger partial charge in [-0.05, 0) is 105 Å². The monoisotopic (exact) mass is 921 g/mol. The van der Waals surface area contributed by atoms with E-state index in [2.05, 4.69) is 34.9 Å². The van der Waals surface area contributed by atoms with E-state index in [1.54, 1.807) is 18.2 Å². The molecule has 0 aliphatic carbocycles. The summed E-state index contributed by atoms with van der Waals surface area (Å²) in [6, 6.07) is 52.3. The Morgan fingerprint density at radius 1 is 0.300 bits per heavy atom. The van der Waals surface area contributed by atoms with E-state index < -0.39 is 92.3 Å². The van der Waals surface area contributed by atoms with Gasteiger partial charge in [-0.25, -0.2) is 0 Å². The van der Waals surface area contributed by atoms with Crippen molar-refractivity contribution in [3.63, 3.8) is 0 Å². The zero-order chi connectivity index (χ0) is 58.4. The molecule has 0 aliphatic heterocycles. The summed E-state index contributed by atoms with van der Waals surface area (Å²) in [6.45, 7) is 0. The number of hydrogen-bond donors (Lipinski definition) is 0.